The van der Waals surface area contributed by atoms with Crippen LogP contribution in [-0.4, -0.2) is 0 Å². The summed E-state index contributed by atoms with van der Waals surface area (Å²) in [4.78, 5) is 12.4. The molecule has 0 saturated carbocycles. The maximum Gasteiger partial charge on any atom is 0.195 e. The summed E-state index contributed by atoms with van der Waals surface area (Å²) < 4.78 is 2.13. The molecule has 0 N–H and O–H groups in total. The Morgan fingerprint density at radius 1 is 0.824 bits per heavy atom. The summed E-state index contributed by atoms with van der Waals surface area (Å²) in [6.45, 7) is 4.04. The zero-order valence-electron chi connectivity index (χ0n) is 9.78. The first-order chi connectivity index (χ1) is 8.15. The molecule has 1 nitrogen and oxygen atoms in total. The molecule has 3 rings (SSSR count). The van der Waals surface area contributed by atoms with Crippen LogP contribution in [0.4, 0.5) is 0 Å². The minimum absolute atomic E-state index is 0.154. The average molecular weight is 240 g/mol. The monoisotopic (exact) mass is 240 g/mol. The van der Waals surface area contributed by atoms with Crippen molar-refractivity contribution in [1.29, 1.82) is 0 Å². The van der Waals surface area contributed by atoms with Gasteiger partial charge in [0.05, 0.1) is 0 Å². The summed E-state index contributed by atoms with van der Waals surface area (Å²) in [6, 6.07) is 12.1. The molecule has 17 heavy (non-hydrogen) atoms. The zero-order valence-corrected chi connectivity index (χ0v) is 10.6. The number of hydrogen-bond acceptors (Lipinski definition) is 2. The molecule has 0 aliphatic rings. The smallest absolute Gasteiger partial charge is 0.195 e. The first-order valence-corrected chi connectivity index (χ1v) is 6.40. The van der Waals surface area contributed by atoms with Gasteiger partial charge in [-0.3, -0.25) is 4.79 Å². The van der Waals surface area contributed by atoms with Crippen molar-refractivity contribution in [2.45, 2.75) is 13.8 Å². The van der Waals surface area contributed by atoms with E-state index in [1.807, 2.05) is 38.1 Å². The van der Waals surface area contributed by atoms with E-state index in [4.69, 9.17) is 0 Å². The molecule has 1 aromatic heterocycles. The van der Waals surface area contributed by atoms with Gasteiger partial charge in [0.1, 0.15) is 0 Å². The molecule has 0 aliphatic carbocycles. The Morgan fingerprint density at radius 2 is 1.29 bits per heavy atom. The van der Waals surface area contributed by atoms with Crippen LogP contribution in [0.25, 0.3) is 20.2 Å². The van der Waals surface area contributed by atoms with Crippen molar-refractivity contribution in [2.24, 2.45) is 0 Å². The Bertz CT molecular complexity index is 721. The molecule has 0 aliphatic heterocycles. The lowest BCUT2D eigenvalue weighted by molar-refractivity contribution is 1.50. The van der Waals surface area contributed by atoms with Crippen LogP contribution in [0.2, 0.25) is 0 Å². The van der Waals surface area contributed by atoms with E-state index >= 15 is 0 Å². The minimum Gasteiger partial charge on any atom is -0.289 e. The van der Waals surface area contributed by atoms with E-state index in [1.54, 1.807) is 11.3 Å². The number of fused-ring (bicyclic) bond motifs is 2. The highest BCUT2D eigenvalue weighted by molar-refractivity contribution is 7.24. The van der Waals surface area contributed by atoms with Gasteiger partial charge in [-0.2, -0.15) is 0 Å². The van der Waals surface area contributed by atoms with E-state index in [0.717, 1.165) is 31.3 Å². The lowest BCUT2D eigenvalue weighted by Crippen LogP contribution is -2.01. The molecule has 2 heteroatoms. The standard InChI is InChI=1S/C15H12OS/c1-9-3-5-13-11(7-9)15(16)12-8-10(2)4-6-14(12)17-13/h3-8H,1-2H3. The summed E-state index contributed by atoms with van der Waals surface area (Å²) in [5.74, 6) is 0. The lowest BCUT2D eigenvalue weighted by Gasteiger charge is -2.02. The maximum atomic E-state index is 12.4. The van der Waals surface area contributed by atoms with Crippen molar-refractivity contribution in [2.75, 3.05) is 0 Å². The molecule has 0 bridgehead atoms. The van der Waals surface area contributed by atoms with Crippen LogP contribution in [0.5, 0.6) is 0 Å². The van der Waals surface area contributed by atoms with Gasteiger partial charge in [0, 0.05) is 20.2 Å². The van der Waals surface area contributed by atoms with E-state index in [0.29, 0.717) is 0 Å². The van der Waals surface area contributed by atoms with Gasteiger partial charge >= 0.3 is 0 Å². The van der Waals surface area contributed by atoms with E-state index < -0.39 is 0 Å². The van der Waals surface area contributed by atoms with Gasteiger partial charge in [-0.05, 0) is 38.1 Å². The quantitative estimate of drug-likeness (QED) is 0.542. The largest absolute Gasteiger partial charge is 0.289 e. The second-order valence-corrected chi connectivity index (χ2v) is 5.51. The maximum absolute atomic E-state index is 12.4. The van der Waals surface area contributed by atoms with Crippen LogP contribution in [0.1, 0.15) is 11.1 Å². The second kappa shape index (κ2) is 3.67. The van der Waals surface area contributed by atoms with E-state index in [-0.39, 0.29) is 5.43 Å². The van der Waals surface area contributed by atoms with Crippen LogP contribution < -0.4 is 5.43 Å². The van der Waals surface area contributed by atoms with Gasteiger partial charge < -0.3 is 0 Å². The van der Waals surface area contributed by atoms with Gasteiger partial charge in [-0.1, -0.05) is 23.3 Å². The fourth-order valence-corrected chi connectivity index (χ4v) is 3.12. The molecular weight excluding hydrogens is 228 g/mol. The van der Waals surface area contributed by atoms with Gasteiger partial charge in [-0.25, -0.2) is 0 Å². The minimum atomic E-state index is 0.154. The van der Waals surface area contributed by atoms with Gasteiger partial charge in [0.15, 0.2) is 5.43 Å². The third-order valence-electron chi connectivity index (χ3n) is 2.98. The van der Waals surface area contributed by atoms with Crippen molar-refractivity contribution in [1.82, 2.24) is 0 Å². The second-order valence-electron chi connectivity index (χ2n) is 4.43. The van der Waals surface area contributed by atoms with E-state index in [2.05, 4.69) is 12.1 Å². The molecule has 3 aromatic rings. The number of benzene rings is 2. The van der Waals surface area contributed by atoms with Crippen molar-refractivity contribution in [3.63, 3.8) is 0 Å². The highest BCUT2D eigenvalue weighted by Crippen LogP contribution is 2.25. The third-order valence-corrected chi connectivity index (χ3v) is 4.13. The normalized spacial score (nSPS) is 11.2. The van der Waals surface area contributed by atoms with Crippen molar-refractivity contribution in [3.05, 3.63) is 57.7 Å². The number of rotatable bonds is 0. The predicted molar refractivity (Wildman–Crippen MR) is 75.1 cm³/mol. The Morgan fingerprint density at radius 3 is 1.76 bits per heavy atom. The van der Waals surface area contributed by atoms with Crippen molar-refractivity contribution >= 4 is 31.5 Å². The molecule has 84 valence electrons. The summed E-state index contributed by atoms with van der Waals surface area (Å²) in [7, 11) is 0. The SMILES string of the molecule is Cc1ccc2sc3ccc(C)cc3c(=O)c2c1. The van der Waals surface area contributed by atoms with Crippen LogP contribution in [0.3, 0.4) is 0 Å². The molecule has 2 aromatic carbocycles. The fourth-order valence-electron chi connectivity index (χ4n) is 2.08. The van der Waals surface area contributed by atoms with Crippen LogP contribution in [-0.2, 0) is 0 Å². The highest BCUT2D eigenvalue weighted by Gasteiger charge is 2.05. The molecule has 0 amide bonds. The Kier molecular flexibility index (Phi) is 2.26. The first-order valence-electron chi connectivity index (χ1n) is 5.59. The highest BCUT2D eigenvalue weighted by atomic mass is 32.1. The summed E-state index contributed by atoms with van der Waals surface area (Å²) in [6.07, 6.45) is 0. The van der Waals surface area contributed by atoms with Crippen molar-refractivity contribution in [3.8, 4) is 0 Å². The molecule has 0 radical (unpaired) electrons. The van der Waals surface area contributed by atoms with Gasteiger partial charge in [0.2, 0.25) is 0 Å². The molecule has 0 unspecified atom stereocenters. The third kappa shape index (κ3) is 1.65. The van der Waals surface area contributed by atoms with Gasteiger partial charge in [-0.15, -0.1) is 11.3 Å². The molecule has 0 saturated heterocycles. The van der Waals surface area contributed by atoms with Crippen LogP contribution >= 0.6 is 11.3 Å². The van der Waals surface area contributed by atoms with E-state index in [1.165, 1.54) is 0 Å². The number of hydrogen-bond donors (Lipinski definition) is 0. The molecular formula is C15H12OS. The Balaban J connectivity index is 2.58. The predicted octanol–water partition coefficient (Wildman–Crippen LogP) is 4.03. The molecule has 0 fully saturated rings. The van der Waals surface area contributed by atoms with Crippen LogP contribution in [0.15, 0.2) is 41.2 Å². The summed E-state index contributed by atoms with van der Waals surface area (Å²) >= 11 is 1.68. The first kappa shape index (κ1) is 10.5. The lowest BCUT2D eigenvalue weighted by atomic mass is 10.1. The Labute approximate surface area is 103 Å². The molecule has 0 spiro atoms. The topological polar surface area (TPSA) is 17.1 Å². The van der Waals surface area contributed by atoms with Gasteiger partial charge in [0.25, 0.3) is 0 Å². The molecule has 0 atom stereocenters. The van der Waals surface area contributed by atoms with Crippen molar-refractivity contribution < 1.29 is 0 Å². The average Bonchev–Trinajstić information content (AvgIpc) is 2.32. The Hall–Kier alpha value is -1.67. The summed E-state index contributed by atoms with van der Waals surface area (Å²) in [5, 5.41) is 1.68. The summed E-state index contributed by atoms with van der Waals surface area (Å²) in [5.41, 5.74) is 2.42. The molecule has 1 heterocycles. The zero-order chi connectivity index (χ0) is 12.0. The number of aryl methyl sites for hydroxylation is 2. The van der Waals surface area contributed by atoms with Crippen LogP contribution in [0, 0.1) is 13.8 Å². The van der Waals surface area contributed by atoms with E-state index in [9.17, 15) is 4.79 Å². The fraction of sp³-hybridized carbons (Fsp3) is 0.133.